The van der Waals surface area contributed by atoms with Crippen LogP contribution in [0.15, 0.2) is 47.7 Å². The summed E-state index contributed by atoms with van der Waals surface area (Å²) in [6.07, 6.45) is 3.02. The SMILES string of the molecule is CC(C)CN(C)c1ccc(/C=N/NC(=O)c2ccc(N)nc2)cc1. The molecule has 126 valence electrons. The Bertz CT molecular complexity index is 692. The van der Waals surface area contributed by atoms with Crippen molar-refractivity contribution in [1.29, 1.82) is 0 Å². The van der Waals surface area contributed by atoms with Crippen molar-refractivity contribution in [1.82, 2.24) is 10.4 Å². The van der Waals surface area contributed by atoms with E-state index in [1.165, 1.54) is 6.20 Å². The predicted molar refractivity (Wildman–Crippen MR) is 98.3 cm³/mol. The van der Waals surface area contributed by atoms with Gasteiger partial charge < -0.3 is 10.6 Å². The van der Waals surface area contributed by atoms with E-state index in [1.54, 1.807) is 18.3 Å². The first-order valence-corrected chi connectivity index (χ1v) is 7.82. The molecule has 0 aliphatic rings. The third kappa shape index (κ3) is 5.08. The fourth-order valence-corrected chi connectivity index (χ4v) is 2.24. The topological polar surface area (TPSA) is 83.6 Å². The molecule has 1 aromatic carbocycles. The molecule has 0 aliphatic heterocycles. The number of hydrogen-bond acceptors (Lipinski definition) is 5. The lowest BCUT2D eigenvalue weighted by atomic mass is 10.1. The monoisotopic (exact) mass is 325 g/mol. The van der Waals surface area contributed by atoms with Crippen LogP contribution in [0.5, 0.6) is 0 Å². The Morgan fingerprint density at radius 2 is 2.00 bits per heavy atom. The Balaban J connectivity index is 1.92. The maximum atomic E-state index is 11.9. The molecule has 0 aliphatic carbocycles. The summed E-state index contributed by atoms with van der Waals surface area (Å²) in [5.41, 5.74) is 10.4. The lowest BCUT2D eigenvalue weighted by molar-refractivity contribution is 0.0955. The number of carbonyl (C=O) groups is 1. The summed E-state index contributed by atoms with van der Waals surface area (Å²) in [4.78, 5) is 18.0. The number of pyridine rings is 1. The summed E-state index contributed by atoms with van der Waals surface area (Å²) in [6.45, 7) is 5.38. The van der Waals surface area contributed by atoms with Gasteiger partial charge in [0.1, 0.15) is 5.82 Å². The highest BCUT2D eigenvalue weighted by Crippen LogP contribution is 2.14. The van der Waals surface area contributed by atoms with Crippen LogP contribution < -0.4 is 16.1 Å². The van der Waals surface area contributed by atoms with Crippen LogP contribution in [0.1, 0.15) is 29.8 Å². The molecule has 1 heterocycles. The van der Waals surface area contributed by atoms with E-state index >= 15 is 0 Å². The van der Waals surface area contributed by atoms with Crippen molar-refractivity contribution < 1.29 is 4.79 Å². The van der Waals surface area contributed by atoms with Crippen LogP contribution in [0.25, 0.3) is 0 Å². The summed E-state index contributed by atoms with van der Waals surface area (Å²) in [6, 6.07) is 11.2. The molecule has 3 N–H and O–H groups in total. The molecule has 0 fully saturated rings. The lowest BCUT2D eigenvalue weighted by Gasteiger charge is -2.21. The smallest absolute Gasteiger partial charge is 0.272 e. The van der Waals surface area contributed by atoms with E-state index < -0.39 is 0 Å². The van der Waals surface area contributed by atoms with Crippen molar-refractivity contribution in [3.63, 3.8) is 0 Å². The molecule has 0 bridgehead atoms. The third-order valence-electron chi connectivity index (χ3n) is 3.40. The number of hydrogen-bond donors (Lipinski definition) is 2. The van der Waals surface area contributed by atoms with E-state index in [1.807, 2.05) is 24.3 Å². The van der Waals surface area contributed by atoms with Gasteiger partial charge in [0, 0.05) is 25.5 Å². The fourth-order valence-electron chi connectivity index (χ4n) is 2.24. The maximum absolute atomic E-state index is 11.9. The number of nitrogens with one attached hydrogen (secondary N) is 1. The van der Waals surface area contributed by atoms with Crippen molar-refractivity contribution in [2.45, 2.75) is 13.8 Å². The zero-order valence-electron chi connectivity index (χ0n) is 14.2. The lowest BCUT2D eigenvalue weighted by Crippen LogP contribution is -2.22. The van der Waals surface area contributed by atoms with Gasteiger partial charge >= 0.3 is 0 Å². The quantitative estimate of drug-likeness (QED) is 0.631. The Labute approximate surface area is 142 Å². The van der Waals surface area contributed by atoms with Gasteiger partial charge in [0.2, 0.25) is 0 Å². The Morgan fingerprint density at radius 1 is 1.29 bits per heavy atom. The minimum absolute atomic E-state index is 0.327. The number of rotatable bonds is 6. The van der Waals surface area contributed by atoms with E-state index in [4.69, 9.17) is 5.73 Å². The summed E-state index contributed by atoms with van der Waals surface area (Å²) < 4.78 is 0. The average molecular weight is 325 g/mol. The van der Waals surface area contributed by atoms with E-state index in [-0.39, 0.29) is 5.91 Å². The minimum Gasteiger partial charge on any atom is -0.384 e. The first kappa shape index (κ1) is 17.5. The van der Waals surface area contributed by atoms with Gasteiger partial charge in [-0.2, -0.15) is 5.10 Å². The summed E-state index contributed by atoms with van der Waals surface area (Å²) in [5, 5.41) is 3.97. The normalized spacial score (nSPS) is 11.0. The van der Waals surface area contributed by atoms with Crippen molar-refractivity contribution in [2.24, 2.45) is 11.0 Å². The van der Waals surface area contributed by atoms with Gasteiger partial charge in [-0.3, -0.25) is 4.79 Å². The van der Waals surface area contributed by atoms with Crippen LogP contribution in [0.4, 0.5) is 11.5 Å². The molecule has 0 saturated carbocycles. The summed E-state index contributed by atoms with van der Waals surface area (Å²) in [7, 11) is 2.07. The number of benzene rings is 1. The van der Waals surface area contributed by atoms with Crippen molar-refractivity contribution >= 4 is 23.6 Å². The fraction of sp³-hybridized carbons (Fsp3) is 0.278. The van der Waals surface area contributed by atoms with Crippen LogP contribution in [-0.2, 0) is 0 Å². The third-order valence-corrected chi connectivity index (χ3v) is 3.40. The van der Waals surface area contributed by atoms with Crippen LogP contribution in [-0.4, -0.2) is 30.7 Å². The Morgan fingerprint density at radius 3 is 2.58 bits per heavy atom. The van der Waals surface area contributed by atoms with E-state index in [9.17, 15) is 4.79 Å². The molecule has 1 aromatic heterocycles. The number of anilines is 2. The Kier molecular flexibility index (Phi) is 5.89. The first-order valence-electron chi connectivity index (χ1n) is 7.82. The number of amides is 1. The van der Waals surface area contributed by atoms with Gasteiger partial charge in [0.25, 0.3) is 5.91 Å². The van der Waals surface area contributed by atoms with Crippen LogP contribution in [0, 0.1) is 5.92 Å². The molecule has 0 radical (unpaired) electrons. The average Bonchev–Trinajstić information content (AvgIpc) is 2.55. The molecule has 24 heavy (non-hydrogen) atoms. The van der Waals surface area contributed by atoms with Gasteiger partial charge in [-0.05, 0) is 35.7 Å². The van der Waals surface area contributed by atoms with Crippen LogP contribution in [0.3, 0.4) is 0 Å². The second-order valence-corrected chi connectivity index (χ2v) is 6.04. The van der Waals surface area contributed by atoms with Gasteiger partial charge in [0.05, 0.1) is 11.8 Å². The molecule has 6 nitrogen and oxygen atoms in total. The van der Waals surface area contributed by atoms with E-state index in [0.717, 1.165) is 17.8 Å². The molecule has 2 aromatic rings. The van der Waals surface area contributed by atoms with Gasteiger partial charge in [-0.15, -0.1) is 0 Å². The first-order chi connectivity index (χ1) is 11.5. The minimum atomic E-state index is -0.327. The Hall–Kier alpha value is -2.89. The second-order valence-electron chi connectivity index (χ2n) is 6.04. The molecule has 2 rings (SSSR count). The van der Waals surface area contributed by atoms with E-state index in [0.29, 0.717) is 17.3 Å². The molecular weight excluding hydrogens is 302 g/mol. The molecule has 0 atom stereocenters. The zero-order valence-corrected chi connectivity index (χ0v) is 14.2. The van der Waals surface area contributed by atoms with Gasteiger partial charge in [0.15, 0.2) is 0 Å². The van der Waals surface area contributed by atoms with Crippen molar-refractivity contribution in [3.8, 4) is 0 Å². The summed E-state index contributed by atoms with van der Waals surface area (Å²) >= 11 is 0. The number of nitrogens with two attached hydrogens (primary N) is 1. The number of nitrogen functional groups attached to an aromatic ring is 1. The highest BCUT2D eigenvalue weighted by atomic mass is 16.2. The van der Waals surface area contributed by atoms with E-state index in [2.05, 4.69) is 41.3 Å². The number of nitrogens with zero attached hydrogens (tertiary/aromatic N) is 3. The zero-order chi connectivity index (χ0) is 17.5. The molecular formula is C18H23N5O. The van der Waals surface area contributed by atoms with Crippen LogP contribution >= 0.6 is 0 Å². The highest BCUT2D eigenvalue weighted by Gasteiger charge is 2.04. The summed E-state index contributed by atoms with van der Waals surface area (Å²) in [5.74, 6) is 0.652. The highest BCUT2D eigenvalue weighted by molar-refractivity contribution is 5.94. The predicted octanol–water partition coefficient (Wildman–Crippen LogP) is 2.52. The van der Waals surface area contributed by atoms with Crippen molar-refractivity contribution in [2.75, 3.05) is 24.2 Å². The van der Waals surface area contributed by atoms with Gasteiger partial charge in [-0.1, -0.05) is 26.0 Å². The second kappa shape index (κ2) is 8.10. The molecule has 0 spiro atoms. The number of hydrazone groups is 1. The molecule has 0 saturated heterocycles. The number of carbonyl (C=O) groups excluding carboxylic acids is 1. The molecule has 1 amide bonds. The van der Waals surface area contributed by atoms with Crippen molar-refractivity contribution in [3.05, 3.63) is 53.7 Å². The van der Waals surface area contributed by atoms with Gasteiger partial charge in [-0.25, -0.2) is 10.4 Å². The van der Waals surface area contributed by atoms with Crippen LogP contribution in [0.2, 0.25) is 0 Å². The maximum Gasteiger partial charge on any atom is 0.272 e. The largest absolute Gasteiger partial charge is 0.384 e. The number of aromatic nitrogens is 1. The molecule has 0 unspecified atom stereocenters. The molecule has 6 heteroatoms. The standard InChI is InChI=1S/C18H23N5O/c1-13(2)12-23(3)16-7-4-14(5-8-16)10-21-22-18(24)15-6-9-17(19)20-11-15/h4-11,13H,12H2,1-3H3,(H2,19,20)(H,22,24)/b21-10+.